The van der Waals surface area contributed by atoms with Crippen molar-refractivity contribution in [2.24, 2.45) is 0 Å². The Hall–Kier alpha value is -2.36. The summed E-state index contributed by atoms with van der Waals surface area (Å²) in [5.41, 5.74) is 1.55. The van der Waals surface area contributed by atoms with Gasteiger partial charge in [-0.25, -0.2) is 9.13 Å². The highest BCUT2D eigenvalue weighted by Gasteiger charge is 2.07. The summed E-state index contributed by atoms with van der Waals surface area (Å²) >= 11 is 0. The van der Waals surface area contributed by atoms with Crippen LogP contribution in [0.4, 0.5) is 0 Å². The lowest BCUT2D eigenvalue weighted by molar-refractivity contribution is -0.697. The third-order valence-electron chi connectivity index (χ3n) is 4.61. The van der Waals surface area contributed by atoms with E-state index in [-0.39, 0.29) is 11.6 Å². The summed E-state index contributed by atoms with van der Waals surface area (Å²) in [5, 5.41) is 0. The molecule has 0 spiro atoms. The first-order chi connectivity index (χ1) is 12.6. The molecule has 0 aromatic carbocycles. The zero-order valence-corrected chi connectivity index (χ0v) is 16.0. The molecular formula is C22H30N2O2+2. The number of aryl methyl sites for hydroxylation is 2. The van der Waals surface area contributed by atoms with E-state index >= 15 is 0 Å². The van der Waals surface area contributed by atoms with E-state index in [1.807, 2.05) is 49.1 Å². The molecule has 0 saturated heterocycles. The van der Waals surface area contributed by atoms with Gasteiger partial charge in [-0.15, -0.1) is 0 Å². The molecule has 2 rings (SSSR count). The van der Waals surface area contributed by atoms with E-state index in [0.29, 0.717) is 0 Å². The van der Waals surface area contributed by atoms with Crippen LogP contribution in [0.25, 0.3) is 0 Å². The molecule has 0 aliphatic carbocycles. The molecule has 0 atom stereocenters. The standard InChI is InChI=1S/C22H30N2O2/c1-19(25)21-11-9-15-23(17-21)13-7-5-3-4-6-8-14-24-16-10-12-22(18-24)20(2)26/h9-12,15-18H,3-8,13-14H2,1-2H3/q+2. The van der Waals surface area contributed by atoms with Crippen molar-refractivity contribution in [2.75, 3.05) is 0 Å². The van der Waals surface area contributed by atoms with Gasteiger partial charge in [-0.3, -0.25) is 9.59 Å². The minimum Gasteiger partial charge on any atom is -0.294 e. The third-order valence-corrected chi connectivity index (χ3v) is 4.61. The second kappa shape index (κ2) is 10.6. The summed E-state index contributed by atoms with van der Waals surface area (Å²) in [7, 11) is 0. The smallest absolute Gasteiger partial charge is 0.179 e. The Morgan fingerprint density at radius 3 is 1.46 bits per heavy atom. The Morgan fingerprint density at radius 2 is 1.08 bits per heavy atom. The SMILES string of the molecule is CC(=O)c1ccc[n+](CCCCCCCC[n+]2cccc(C(C)=O)c2)c1. The van der Waals surface area contributed by atoms with Gasteiger partial charge in [-0.1, -0.05) is 12.8 Å². The van der Waals surface area contributed by atoms with Crippen LogP contribution < -0.4 is 9.13 Å². The lowest BCUT2D eigenvalue weighted by Crippen LogP contribution is -2.33. The quantitative estimate of drug-likeness (QED) is 0.351. The molecule has 0 N–H and O–H groups in total. The van der Waals surface area contributed by atoms with Crippen LogP contribution in [0.15, 0.2) is 49.1 Å². The number of hydrogen-bond donors (Lipinski definition) is 0. The Bertz CT molecular complexity index is 677. The highest BCUT2D eigenvalue weighted by Crippen LogP contribution is 2.06. The van der Waals surface area contributed by atoms with E-state index in [9.17, 15) is 9.59 Å². The van der Waals surface area contributed by atoms with Crippen molar-refractivity contribution in [1.29, 1.82) is 0 Å². The summed E-state index contributed by atoms with van der Waals surface area (Å²) in [6, 6.07) is 7.61. The zero-order chi connectivity index (χ0) is 18.8. The van der Waals surface area contributed by atoms with E-state index in [1.54, 1.807) is 13.8 Å². The lowest BCUT2D eigenvalue weighted by Gasteiger charge is -2.01. The van der Waals surface area contributed by atoms with E-state index in [2.05, 4.69) is 9.13 Å². The summed E-state index contributed by atoms with van der Waals surface area (Å²) < 4.78 is 4.21. The third kappa shape index (κ3) is 6.87. The first-order valence-electron chi connectivity index (χ1n) is 9.56. The molecule has 0 radical (unpaired) electrons. The average molecular weight is 354 g/mol. The second-order valence-electron chi connectivity index (χ2n) is 6.89. The minimum atomic E-state index is 0.117. The molecular weight excluding hydrogens is 324 g/mol. The number of rotatable bonds is 11. The van der Waals surface area contributed by atoms with Crippen LogP contribution in [-0.4, -0.2) is 11.6 Å². The molecule has 0 bridgehead atoms. The van der Waals surface area contributed by atoms with Gasteiger partial charge in [0.2, 0.25) is 0 Å². The number of pyridine rings is 2. The van der Waals surface area contributed by atoms with Gasteiger partial charge >= 0.3 is 0 Å². The number of Topliss-reactive ketones (excluding diaryl/α,β-unsaturated/α-hetero) is 2. The van der Waals surface area contributed by atoms with Gasteiger partial charge in [-0.2, -0.15) is 0 Å². The number of carbonyl (C=O) groups excluding carboxylic acids is 2. The van der Waals surface area contributed by atoms with Crippen LogP contribution in [-0.2, 0) is 13.1 Å². The highest BCUT2D eigenvalue weighted by atomic mass is 16.1. The maximum atomic E-state index is 11.4. The van der Waals surface area contributed by atoms with E-state index in [0.717, 1.165) is 37.1 Å². The van der Waals surface area contributed by atoms with Crippen LogP contribution in [0.1, 0.15) is 73.1 Å². The molecule has 138 valence electrons. The molecule has 0 saturated carbocycles. The molecule has 4 heteroatoms. The molecule has 26 heavy (non-hydrogen) atoms. The van der Waals surface area contributed by atoms with Crippen LogP contribution in [0.2, 0.25) is 0 Å². The number of ketones is 2. The van der Waals surface area contributed by atoms with Crippen molar-refractivity contribution in [1.82, 2.24) is 0 Å². The predicted octanol–water partition coefficient (Wildman–Crippen LogP) is 3.71. The van der Waals surface area contributed by atoms with Gasteiger partial charge in [0, 0.05) is 25.0 Å². The van der Waals surface area contributed by atoms with Gasteiger partial charge in [0.05, 0.1) is 11.1 Å². The zero-order valence-electron chi connectivity index (χ0n) is 16.0. The maximum absolute atomic E-state index is 11.4. The summed E-state index contributed by atoms with van der Waals surface area (Å²) in [6.07, 6.45) is 15.1. The van der Waals surface area contributed by atoms with Crippen molar-refractivity contribution in [3.8, 4) is 0 Å². The fraction of sp³-hybridized carbons (Fsp3) is 0.455. The fourth-order valence-electron chi connectivity index (χ4n) is 3.03. The minimum absolute atomic E-state index is 0.117. The first kappa shape index (κ1) is 20.0. The molecule has 4 nitrogen and oxygen atoms in total. The molecule has 0 unspecified atom stereocenters. The number of hydrogen-bond acceptors (Lipinski definition) is 2. The van der Waals surface area contributed by atoms with Gasteiger partial charge in [0.25, 0.3) is 0 Å². The van der Waals surface area contributed by atoms with Crippen molar-refractivity contribution < 1.29 is 18.7 Å². The Balaban J connectivity index is 1.57. The topological polar surface area (TPSA) is 41.9 Å². The first-order valence-corrected chi connectivity index (χ1v) is 9.56. The summed E-state index contributed by atoms with van der Waals surface area (Å²) in [5.74, 6) is 0.233. The summed E-state index contributed by atoms with van der Waals surface area (Å²) in [4.78, 5) is 22.8. The molecule has 0 fully saturated rings. The molecule has 2 aromatic rings. The van der Waals surface area contributed by atoms with E-state index in [1.165, 1.54) is 25.7 Å². The van der Waals surface area contributed by atoms with Crippen molar-refractivity contribution >= 4 is 11.6 Å². The fourth-order valence-corrected chi connectivity index (χ4v) is 3.03. The number of unbranched alkanes of at least 4 members (excludes halogenated alkanes) is 5. The van der Waals surface area contributed by atoms with Crippen LogP contribution in [0, 0.1) is 0 Å². The second-order valence-corrected chi connectivity index (χ2v) is 6.89. The normalized spacial score (nSPS) is 10.7. The highest BCUT2D eigenvalue weighted by molar-refractivity contribution is 5.93. The molecule has 2 heterocycles. The Kier molecular flexibility index (Phi) is 8.13. The van der Waals surface area contributed by atoms with Crippen LogP contribution in [0.3, 0.4) is 0 Å². The largest absolute Gasteiger partial charge is 0.294 e. The summed E-state index contributed by atoms with van der Waals surface area (Å²) in [6.45, 7) is 5.15. The maximum Gasteiger partial charge on any atom is 0.179 e. The van der Waals surface area contributed by atoms with Crippen LogP contribution in [0.5, 0.6) is 0 Å². The van der Waals surface area contributed by atoms with Crippen LogP contribution >= 0.6 is 0 Å². The van der Waals surface area contributed by atoms with Gasteiger partial charge in [-0.05, 0) is 38.8 Å². The van der Waals surface area contributed by atoms with Gasteiger partial charge in [0.15, 0.2) is 36.4 Å². The van der Waals surface area contributed by atoms with Gasteiger partial charge in [0.1, 0.15) is 13.1 Å². The molecule has 0 amide bonds. The van der Waals surface area contributed by atoms with Gasteiger partial charge < -0.3 is 0 Å². The van der Waals surface area contributed by atoms with Crippen molar-refractivity contribution in [3.63, 3.8) is 0 Å². The predicted molar refractivity (Wildman–Crippen MR) is 101 cm³/mol. The monoisotopic (exact) mass is 354 g/mol. The van der Waals surface area contributed by atoms with E-state index in [4.69, 9.17) is 0 Å². The Labute approximate surface area is 156 Å². The Morgan fingerprint density at radius 1 is 0.692 bits per heavy atom. The number of carbonyl (C=O) groups is 2. The molecule has 2 aromatic heterocycles. The van der Waals surface area contributed by atoms with Crippen molar-refractivity contribution in [2.45, 2.75) is 65.5 Å². The number of aromatic nitrogens is 2. The average Bonchev–Trinajstić information content (AvgIpc) is 2.64. The van der Waals surface area contributed by atoms with E-state index < -0.39 is 0 Å². The lowest BCUT2D eigenvalue weighted by atomic mass is 10.1. The van der Waals surface area contributed by atoms with Crippen molar-refractivity contribution in [3.05, 3.63) is 60.2 Å². The molecule has 0 aliphatic rings. The molecule has 0 aliphatic heterocycles. The number of nitrogens with zero attached hydrogens (tertiary/aromatic N) is 2.